The molecule has 2 N–H and O–H groups in total. The van der Waals surface area contributed by atoms with Crippen LogP contribution in [0, 0.1) is 0 Å². The van der Waals surface area contributed by atoms with Gasteiger partial charge in [-0.05, 0) is 18.2 Å². The smallest absolute Gasteiger partial charge is 0.254 e. The second kappa shape index (κ2) is 7.14. The molecule has 0 unspecified atom stereocenters. The average molecular weight is 380 g/mol. The summed E-state index contributed by atoms with van der Waals surface area (Å²) in [7, 11) is 0. The summed E-state index contributed by atoms with van der Waals surface area (Å²) in [4.78, 5) is 32.6. The number of para-hydroxylation sites is 1. The summed E-state index contributed by atoms with van der Waals surface area (Å²) in [6, 6.07) is 11.1. The largest absolute Gasteiger partial charge is 0.485 e. The van der Waals surface area contributed by atoms with Crippen LogP contribution in [0.15, 0.2) is 42.6 Å². The lowest BCUT2D eigenvalue weighted by atomic mass is 9.90. The monoisotopic (exact) mass is 380 g/mol. The van der Waals surface area contributed by atoms with Crippen LogP contribution >= 0.6 is 0 Å². The number of rotatable bonds is 1. The Morgan fingerprint density at radius 3 is 2.61 bits per heavy atom. The summed E-state index contributed by atoms with van der Waals surface area (Å²) in [5.74, 6) is 1.14. The van der Waals surface area contributed by atoms with Crippen molar-refractivity contribution in [3.8, 4) is 5.75 Å². The van der Waals surface area contributed by atoms with Gasteiger partial charge in [-0.2, -0.15) is 0 Å². The summed E-state index contributed by atoms with van der Waals surface area (Å²) >= 11 is 0. The van der Waals surface area contributed by atoms with Crippen LogP contribution < -0.4 is 10.5 Å². The number of carbonyl (C=O) groups excluding carboxylic acids is 2. The molecule has 0 bridgehead atoms. The van der Waals surface area contributed by atoms with Gasteiger partial charge in [-0.1, -0.05) is 18.2 Å². The Labute approximate surface area is 164 Å². The fourth-order valence-electron chi connectivity index (χ4n) is 3.97. The van der Waals surface area contributed by atoms with Crippen LogP contribution in [0.3, 0.4) is 0 Å². The summed E-state index contributed by atoms with van der Waals surface area (Å²) in [5, 5.41) is 0. The molecular weight excluding hydrogens is 356 g/mol. The third kappa shape index (κ3) is 3.52. The SMILES string of the molecule is CC(=O)N1Cc2ccccc2OC2(CCN(C(=O)c3ccnc(N)c3)CC2)C1. The van der Waals surface area contributed by atoms with Crippen molar-refractivity contribution in [1.82, 2.24) is 14.8 Å². The fraction of sp³-hybridized carbons (Fsp3) is 0.381. The lowest BCUT2D eigenvalue weighted by Gasteiger charge is -2.42. The number of hydrogen-bond donors (Lipinski definition) is 1. The highest BCUT2D eigenvalue weighted by Gasteiger charge is 2.42. The van der Waals surface area contributed by atoms with Crippen molar-refractivity contribution in [2.24, 2.45) is 0 Å². The van der Waals surface area contributed by atoms with E-state index in [9.17, 15) is 9.59 Å². The summed E-state index contributed by atoms with van der Waals surface area (Å²) in [6.07, 6.45) is 2.87. The molecule has 1 aromatic heterocycles. The number of nitrogen functional groups attached to an aromatic ring is 1. The Morgan fingerprint density at radius 1 is 1.14 bits per heavy atom. The van der Waals surface area contributed by atoms with Gasteiger partial charge in [-0.25, -0.2) is 4.98 Å². The van der Waals surface area contributed by atoms with Gasteiger partial charge in [0.1, 0.15) is 17.2 Å². The number of piperidine rings is 1. The number of fused-ring (bicyclic) bond motifs is 1. The highest BCUT2D eigenvalue weighted by atomic mass is 16.5. The molecule has 0 atom stereocenters. The molecule has 0 saturated carbocycles. The van der Waals surface area contributed by atoms with E-state index >= 15 is 0 Å². The number of amides is 2. The molecule has 0 radical (unpaired) electrons. The molecule has 28 heavy (non-hydrogen) atoms. The van der Waals surface area contributed by atoms with E-state index in [1.807, 2.05) is 34.1 Å². The van der Waals surface area contributed by atoms with Crippen LogP contribution in [0.2, 0.25) is 0 Å². The summed E-state index contributed by atoms with van der Waals surface area (Å²) < 4.78 is 6.46. The zero-order valence-corrected chi connectivity index (χ0v) is 15.9. The molecule has 0 aliphatic carbocycles. The number of aromatic nitrogens is 1. The number of hydrogen-bond acceptors (Lipinski definition) is 5. The van der Waals surface area contributed by atoms with E-state index in [-0.39, 0.29) is 11.8 Å². The number of benzene rings is 1. The minimum absolute atomic E-state index is 0.0328. The van der Waals surface area contributed by atoms with Crippen LogP contribution in [-0.4, -0.2) is 51.8 Å². The first-order chi connectivity index (χ1) is 13.5. The van der Waals surface area contributed by atoms with Gasteiger partial charge in [0, 0.05) is 56.7 Å². The molecule has 3 heterocycles. The predicted octanol–water partition coefficient (Wildman–Crippen LogP) is 2.08. The van der Waals surface area contributed by atoms with Gasteiger partial charge >= 0.3 is 0 Å². The molecule has 7 nitrogen and oxygen atoms in total. The molecule has 2 aliphatic rings. The van der Waals surface area contributed by atoms with E-state index in [1.54, 1.807) is 25.3 Å². The minimum Gasteiger partial charge on any atom is -0.485 e. The third-order valence-electron chi connectivity index (χ3n) is 5.57. The van der Waals surface area contributed by atoms with Crippen LogP contribution in [0.1, 0.15) is 35.7 Å². The van der Waals surface area contributed by atoms with Gasteiger partial charge in [0.05, 0.1) is 6.54 Å². The van der Waals surface area contributed by atoms with Crippen molar-refractivity contribution in [3.05, 3.63) is 53.7 Å². The predicted molar refractivity (Wildman–Crippen MR) is 105 cm³/mol. The number of nitrogens with two attached hydrogens (primary N) is 1. The zero-order chi connectivity index (χ0) is 19.7. The van der Waals surface area contributed by atoms with E-state index in [0.29, 0.717) is 50.4 Å². The van der Waals surface area contributed by atoms with Gasteiger partial charge in [0.2, 0.25) is 5.91 Å². The maximum atomic E-state index is 12.8. The first-order valence-corrected chi connectivity index (χ1v) is 9.49. The Morgan fingerprint density at radius 2 is 1.89 bits per heavy atom. The topological polar surface area (TPSA) is 88.8 Å². The van der Waals surface area contributed by atoms with E-state index in [2.05, 4.69) is 4.98 Å². The fourth-order valence-corrected chi connectivity index (χ4v) is 3.97. The van der Waals surface area contributed by atoms with Gasteiger partial charge < -0.3 is 20.3 Å². The molecule has 2 aromatic rings. The molecule has 1 aromatic carbocycles. The normalized spacial score (nSPS) is 18.2. The van der Waals surface area contributed by atoms with Crippen LogP contribution in [0.4, 0.5) is 5.82 Å². The Balaban J connectivity index is 1.53. The molecule has 4 rings (SSSR count). The van der Waals surface area contributed by atoms with E-state index < -0.39 is 5.60 Å². The second-order valence-corrected chi connectivity index (χ2v) is 7.53. The van der Waals surface area contributed by atoms with E-state index in [4.69, 9.17) is 10.5 Å². The lowest BCUT2D eigenvalue weighted by Crippen LogP contribution is -2.55. The molecular formula is C21H24N4O3. The molecule has 7 heteroatoms. The van der Waals surface area contributed by atoms with Gasteiger partial charge in [-0.3, -0.25) is 9.59 Å². The molecule has 2 amide bonds. The Kier molecular flexibility index (Phi) is 4.66. The van der Waals surface area contributed by atoms with Crippen molar-refractivity contribution >= 4 is 17.6 Å². The summed E-state index contributed by atoms with van der Waals surface area (Å²) in [5.41, 5.74) is 6.78. The minimum atomic E-state index is -0.480. The summed E-state index contributed by atoms with van der Waals surface area (Å²) in [6.45, 7) is 3.80. The van der Waals surface area contributed by atoms with E-state index in [1.165, 1.54) is 0 Å². The molecule has 1 fully saturated rings. The highest BCUT2D eigenvalue weighted by Crippen LogP contribution is 2.35. The van der Waals surface area contributed by atoms with Crippen molar-refractivity contribution in [1.29, 1.82) is 0 Å². The number of nitrogens with zero attached hydrogens (tertiary/aromatic N) is 3. The number of ether oxygens (including phenoxy) is 1. The first kappa shape index (κ1) is 18.3. The van der Waals surface area contributed by atoms with Crippen molar-refractivity contribution in [3.63, 3.8) is 0 Å². The van der Waals surface area contributed by atoms with Crippen LogP contribution in [0.25, 0.3) is 0 Å². The van der Waals surface area contributed by atoms with Crippen molar-refractivity contribution < 1.29 is 14.3 Å². The zero-order valence-electron chi connectivity index (χ0n) is 15.9. The number of carbonyl (C=O) groups is 2. The maximum absolute atomic E-state index is 12.8. The Hall–Kier alpha value is -3.09. The molecule has 2 aliphatic heterocycles. The van der Waals surface area contributed by atoms with Gasteiger partial charge in [-0.15, -0.1) is 0 Å². The standard InChI is InChI=1S/C21H24N4O3/c1-15(26)25-13-17-4-2-3-5-18(17)28-21(14-25)7-10-24(11-8-21)20(27)16-6-9-23-19(22)12-16/h2-6,9,12H,7-8,10-11,13-14H2,1H3,(H2,22,23). The van der Waals surface area contributed by atoms with Crippen LogP contribution in [-0.2, 0) is 11.3 Å². The van der Waals surface area contributed by atoms with Crippen LogP contribution in [0.5, 0.6) is 5.75 Å². The average Bonchev–Trinajstić information content (AvgIpc) is 2.85. The molecule has 146 valence electrons. The molecule has 1 saturated heterocycles. The van der Waals surface area contributed by atoms with Crippen molar-refractivity contribution in [2.75, 3.05) is 25.4 Å². The van der Waals surface area contributed by atoms with E-state index in [0.717, 1.165) is 11.3 Å². The second-order valence-electron chi connectivity index (χ2n) is 7.53. The third-order valence-corrected chi connectivity index (χ3v) is 5.57. The van der Waals surface area contributed by atoms with Gasteiger partial charge in [0.15, 0.2) is 0 Å². The quantitative estimate of drug-likeness (QED) is 0.818. The number of pyridine rings is 1. The number of anilines is 1. The lowest BCUT2D eigenvalue weighted by molar-refractivity contribution is -0.132. The highest BCUT2D eigenvalue weighted by molar-refractivity contribution is 5.94. The maximum Gasteiger partial charge on any atom is 0.254 e. The van der Waals surface area contributed by atoms with Gasteiger partial charge in [0.25, 0.3) is 5.91 Å². The van der Waals surface area contributed by atoms with Crippen molar-refractivity contribution in [2.45, 2.75) is 31.9 Å². The molecule has 1 spiro atoms. The number of likely N-dealkylation sites (tertiary alicyclic amines) is 1. The first-order valence-electron chi connectivity index (χ1n) is 9.49. The Bertz CT molecular complexity index is 906.